The highest BCUT2D eigenvalue weighted by atomic mass is 32.2. The van der Waals surface area contributed by atoms with Gasteiger partial charge in [-0.2, -0.15) is 23.5 Å². The molecule has 3 atom stereocenters. The molecule has 0 amide bonds. The van der Waals surface area contributed by atoms with Gasteiger partial charge in [0.2, 0.25) is 0 Å². The van der Waals surface area contributed by atoms with Gasteiger partial charge >= 0.3 is 0 Å². The molecule has 0 spiro atoms. The largest absolute Gasteiger partial charge is 0.316 e. The van der Waals surface area contributed by atoms with E-state index in [4.69, 9.17) is 0 Å². The number of thioether (sulfide) groups is 2. The van der Waals surface area contributed by atoms with Gasteiger partial charge in [-0.3, -0.25) is 0 Å². The molecule has 1 heterocycles. The maximum absolute atomic E-state index is 3.56. The van der Waals surface area contributed by atoms with Gasteiger partial charge in [-0.25, -0.2) is 0 Å². The topological polar surface area (TPSA) is 12.0 Å². The molecule has 1 saturated carbocycles. The Labute approximate surface area is 96.2 Å². The van der Waals surface area contributed by atoms with E-state index in [0.717, 1.165) is 22.5 Å². The molecule has 0 aromatic carbocycles. The lowest BCUT2D eigenvalue weighted by molar-refractivity contribution is 0.470. The van der Waals surface area contributed by atoms with Crippen molar-refractivity contribution in [1.29, 1.82) is 0 Å². The first kappa shape index (κ1) is 11.2. The fourth-order valence-electron chi connectivity index (χ4n) is 2.39. The summed E-state index contributed by atoms with van der Waals surface area (Å²) in [7, 11) is 2.15. The predicted molar refractivity (Wildman–Crippen MR) is 68.4 cm³/mol. The van der Waals surface area contributed by atoms with E-state index < -0.39 is 0 Å². The summed E-state index contributed by atoms with van der Waals surface area (Å²) < 4.78 is 0. The van der Waals surface area contributed by atoms with Gasteiger partial charge in [0.1, 0.15) is 0 Å². The first-order valence-corrected chi connectivity index (χ1v) is 7.87. The summed E-state index contributed by atoms with van der Waals surface area (Å²) in [4.78, 5) is 0. The van der Waals surface area contributed by atoms with Crippen LogP contribution in [0.2, 0.25) is 0 Å². The van der Waals surface area contributed by atoms with Crippen molar-refractivity contribution in [2.45, 2.75) is 42.7 Å². The summed E-state index contributed by atoms with van der Waals surface area (Å²) in [5.41, 5.74) is 0. The molecule has 1 aliphatic heterocycles. The van der Waals surface area contributed by atoms with Crippen molar-refractivity contribution in [2.75, 3.05) is 18.6 Å². The van der Waals surface area contributed by atoms with Crippen molar-refractivity contribution >= 4 is 23.5 Å². The van der Waals surface area contributed by atoms with Gasteiger partial charge in [0.05, 0.1) is 0 Å². The predicted octanol–water partition coefficient (Wildman–Crippen LogP) is 2.61. The van der Waals surface area contributed by atoms with Crippen LogP contribution in [0.5, 0.6) is 0 Å². The second kappa shape index (κ2) is 5.13. The number of rotatable bonds is 4. The van der Waals surface area contributed by atoms with Crippen molar-refractivity contribution in [3.63, 3.8) is 0 Å². The Morgan fingerprint density at radius 2 is 2.00 bits per heavy atom. The van der Waals surface area contributed by atoms with E-state index in [-0.39, 0.29) is 0 Å². The number of nitrogens with one attached hydrogen (secondary N) is 1. The SMILES string of the molecule is CCC1SCCSC1C(NC)C1CC1. The van der Waals surface area contributed by atoms with Crippen LogP contribution in [-0.2, 0) is 0 Å². The second-order valence-electron chi connectivity index (χ2n) is 4.30. The maximum atomic E-state index is 3.56. The zero-order chi connectivity index (χ0) is 9.97. The molecule has 1 saturated heterocycles. The van der Waals surface area contributed by atoms with Crippen molar-refractivity contribution < 1.29 is 0 Å². The number of hydrogen-bond donors (Lipinski definition) is 1. The van der Waals surface area contributed by atoms with Crippen LogP contribution in [0, 0.1) is 5.92 Å². The van der Waals surface area contributed by atoms with Gasteiger partial charge in [-0.05, 0) is 32.2 Å². The first-order chi connectivity index (χ1) is 6.86. The highest BCUT2D eigenvalue weighted by molar-refractivity contribution is 8.07. The number of hydrogen-bond acceptors (Lipinski definition) is 3. The summed E-state index contributed by atoms with van der Waals surface area (Å²) in [5, 5.41) is 5.33. The van der Waals surface area contributed by atoms with Crippen LogP contribution in [0.4, 0.5) is 0 Å². The zero-order valence-corrected chi connectivity index (χ0v) is 10.8. The summed E-state index contributed by atoms with van der Waals surface area (Å²) in [6, 6.07) is 0.790. The van der Waals surface area contributed by atoms with Crippen LogP contribution < -0.4 is 5.32 Å². The maximum Gasteiger partial charge on any atom is 0.0322 e. The highest BCUT2D eigenvalue weighted by Crippen LogP contribution is 2.43. The van der Waals surface area contributed by atoms with Crippen LogP contribution in [0.3, 0.4) is 0 Å². The molecule has 1 aliphatic carbocycles. The van der Waals surface area contributed by atoms with E-state index in [9.17, 15) is 0 Å². The quantitative estimate of drug-likeness (QED) is 0.799. The lowest BCUT2D eigenvalue weighted by Gasteiger charge is -2.36. The Balaban J connectivity index is 1.96. The van der Waals surface area contributed by atoms with E-state index in [2.05, 4.69) is 42.8 Å². The monoisotopic (exact) mass is 231 g/mol. The van der Waals surface area contributed by atoms with Crippen molar-refractivity contribution in [2.24, 2.45) is 5.92 Å². The van der Waals surface area contributed by atoms with E-state index in [1.54, 1.807) is 0 Å². The highest BCUT2D eigenvalue weighted by Gasteiger charge is 2.40. The lowest BCUT2D eigenvalue weighted by atomic mass is 10.0. The Kier molecular flexibility index (Phi) is 4.09. The molecule has 0 aromatic heterocycles. The van der Waals surface area contributed by atoms with E-state index in [1.807, 2.05) is 0 Å². The average molecular weight is 231 g/mol. The summed E-state index contributed by atoms with van der Waals surface area (Å²) >= 11 is 4.41. The van der Waals surface area contributed by atoms with Crippen LogP contribution in [-0.4, -0.2) is 35.1 Å². The molecule has 3 heteroatoms. The minimum atomic E-state index is 0.790. The molecule has 82 valence electrons. The molecule has 14 heavy (non-hydrogen) atoms. The molecule has 2 rings (SSSR count). The Morgan fingerprint density at radius 3 is 2.57 bits per heavy atom. The van der Waals surface area contributed by atoms with E-state index in [0.29, 0.717) is 0 Å². The van der Waals surface area contributed by atoms with Gasteiger partial charge in [-0.1, -0.05) is 6.92 Å². The third kappa shape index (κ3) is 2.42. The summed E-state index contributed by atoms with van der Waals surface area (Å²) in [6.07, 6.45) is 4.26. The van der Waals surface area contributed by atoms with Gasteiger partial charge in [-0.15, -0.1) is 0 Å². The molecule has 0 radical (unpaired) electrons. The molecule has 2 fully saturated rings. The zero-order valence-electron chi connectivity index (χ0n) is 9.16. The third-order valence-electron chi connectivity index (χ3n) is 3.31. The van der Waals surface area contributed by atoms with Crippen LogP contribution in [0.25, 0.3) is 0 Å². The van der Waals surface area contributed by atoms with Gasteiger partial charge < -0.3 is 5.32 Å². The molecular weight excluding hydrogens is 210 g/mol. The fraction of sp³-hybridized carbons (Fsp3) is 1.00. The molecular formula is C11H21NS2. The second-order valence-corrected chi connectivity index (χ2v) is 6.94. The molecule has 2 aliphatic rings. The Hall–Kier alpha value is 0.660. The molecule has 0 aromatic rings. The summed E-state index contributed by atoms with van der Waals surface area (Å²) in [6.45, 7) is 2.34. The van der Waals surface area contributed by atoms with Crippen LogP contribution in [0.15, 0.2) is 0 Å². The third-order valence-corrected chi connectivity index (χ3v) is 6.68. The molecule has 1 N–H and O–H groups in total. The molecule has 1 nitrogen and oxygen atoms in total. The summed E-state index contributed by atoms with van der Waals surface area (Å²) in [5.74, 6) is 3.71. The Morgan fingerprint density at radius 1 is 1.29 bits per heavy atom. The average Bonchev–Trinajstić information content (AvgIpc) is 3.04. The standard InChI is InChI=1S/C11H21NS2/c1-3-9-11(14-7-6-13-9)10(12-2)8-4-5-8/h8-12H,3-7H2,1-2H3. The first-order valence-electron chi connectivity index (χ1n) is 5.77. The lowest BCUT2D eigenvalue weighted by Crippen LogP contribution is -2.45. The van der Waals surface area contributed by atoms with Gasteiger partial charge in [0, 0.05) is 28.0 Å². The van der Waals surface area contributed by atoms with Crippen molar-refractivity contribution in [1.82, 2.24) is 5.32 Å². The molecule has 0 bridgehead atoms. The minimum Gasteiger partial charge on any atom is -0.316 e. The smallest absolute Gasteiger partial charge is 0.0322 e. The normalized spacial score (nSPS) is 35.6. The van der Waals surface area contributed by atoms with Crippen molar-refractivity contribution in [3.05, 3.63) is 0 Å². The van der Waals surface area contributed by atoms with E-state index >= 15 is 0 Å². The minimum absolute atomic E-state index is 0.790. The van der Waals surface area contributed by atoms with Gasteiger partial charge in [0.25, 0.3) is 0 Å². The van der Waals surface area contributed by atoms with Crippen LogP contribution in [0.1, 0.15) is 26.2 Å². The fourth-order valence-corrected chi connectivity index (χ4v) is 5.78. The van der Waals surface area contributed by atoms with E-state index in [1.165, 1.54) is 30.8 Å². The molecule has 3 unspecified atom stereocenters. The van der Waals surface area contributed by atoms with Crippen molar-refractivity contribution in [3.8, 4) is 0 Å². The van der Waals surface area contributed by atoms with Crippen LogP contribution >= 0.6 is 23.5 Å². The Bertz CT molecular complexity index is 182. The van der Waals surface area contributed by atoms with Gasteiger partial charge in [0.15, 0.2) is 0 Å².